The van der Waals surface area contributed by atoms with Crippen LogP contribution in [0.2, 0.25) is 0 Å². The topological polar surface area (TPSA) is 42.0 Å². The maximum absolute atomic E-state index is 12.7. The summed E-state index contributed by atoms with van der Waals surface area (Å²) in [7, 11) is 0. The first kappa shape index (κ1) is 18.1. The minimum atomic E-state index is -0.0541. The van der Waals surface area contributed by atoms with Gasteiger partial charge in [-0.1, -0.05) is 12.1 Å². The highest BCUT2D eigenvalue weighted by atomic mass is 32.1. The zero-order valence-corrected chi connectivity index (χ0v) is 17.2. The molecule has 29 heavy (non-hydrogen) atoms. The van der Waals surface area contributed by atoms with E-state index in [4.69, 9.17) is 4.98 Å². The van der Waals surface area contributed by atoms with Crippen LogP contribution in [-0.2, 0) is 12.8 Å². The summed E-state index contributed by atoms with van der Waals surface area (Å²) in [4.78, 5) is 17.4. The van der Waals surface area contributed by atoms with Crippen LogP contribution in [0.3, 0.4) is 0 Å². The Kier molecular flexibility index (Phi) is 4.64. The molecule has 0 radical (unpaired) electrons. The van der Waals surface area contributed by atoms with Crippen molar-refractivity contribution in [3.05, 3.63) is 82.9 Å². The van der Waals surface area contributed by atoms with E-state index in [1.807, 2.05) is 30.3 Å². The van der Waals surface area contributed by atoms with Crippen LogP contribution in [0.4, 0.5) is 5.69 Å². The van der Waals surface area contributed by atoms with Crippen molar-refractivity contribution < 1.29 is 4.79 Å². The maximum atomic E-state index is 12.7. The Balaban J connectivity index is 1.34. The van der Waals surface area contributed by atoms with Crippen molar-refractivity contribution in [3.63, 3.8) is 0 Å². The molecule has 0 atom stereocenters. The van der Waals surface area contributed by atoms with Gasteiger partial charge in [0, 0.05) is 16.8 Å². The summed E-state index contributed by atoms with van der Waals surface area (Å²) in [5.74, 6) is -0.0541. The Morgan fingerprint density at radius 3 is 2.55 bits per heavy atom. The molecule has 4 heteroatoms. The van der Waals surface area contributed by atoms with Gasteiger partial charge in [0.2, 0.25) is 0 Å². The largest absolute Gasteiger partial charge is 0.322 e. The first-order valence-corrected chi connectivity index (χ1v) is 10.9. The second-order valence-corrected chi connectivity index (χ2v) is 8.74. The van der Waals surface area contributed by atoms with E-state index in [1.165, 1.54) is 34.2 Å². The Hall–Kier alpha value is -2.98. The van der Waals surface area contributed by atoms with Crippen molar-refractivity contribution >= 4 is 33.1 Å². The fourth-order valence-corrected chi connectivity index (χ4v) is 5.00. The van der Waals surface area contributed by atoms with E-state index >= 15 is 0 Å². The zero-order valence-electron chi connectivity index (χ0n) is 16.4. The van der Waals surface area contributed by atoms with Gasteiger partial charge in [0.05, 0.1) is 10.2 Å². The fourth-order valence-electron chi connectivity index (χ4n) is 3.93. The number of aryl methyl sites for hydroxylation is 3. The SMILES string of the molecule is Cc1ccc2nc(-c3ccc(NC(=O)c4ccc5c(c4)CCCC5)cc3)sc2c1. The molecule has 1 aliphatic carbocycles. The molecule has 0 spiro atoms. The molecule has 5 rings (SSSR count). The van der Waals surface area contributed by atoms with E-state index < -0.39 is 0 Å². The number of amides is 1. The van der Waals surface area contributed by atoms with Gasteiger partial charge in [0.15, 0.2) is 0 Å². The number of anilines is 1. The molecule has 1 amide bonds. The molecule has 0 bridgehead atoms. The van der Waals surface area contributed by atoms with Crippen molar-refractivity contribution in [1.82, 2.24) is 4.98 Å². The van der Waals surface area contributed by atoms with E-state index in [-0.39, 0.29) is 5.91 Å². The number of carbonyl (C=O) groups is 1. The van der Waals surface area contributed by atoms with Gasteiger partial charge in [0.25, 0.3) is 5.91 Å². The molecule has 3 nitrogen and oxygen atoms in total. The Bertz CT molecular complexity index is 1210. The van der Waals surface area contributed by atoms with Crippen LogP contribution in [0.25, 0.3) is 20.8 Å². The highest BCUT2D eigenvalue weighted by Gasteiger charge is 2.13. The van der Waals surface area contributed by atoms with Gasteiger partial charge < -0.3 is 5.32 Å². The molecule has 0 unspecified atom stereocenters. The van der Waals surface area contributed by atoms with Crippen LogP contribution < -0.4 is 5.32 Å². The molecule has 3 aromatic carbocycles. The highest BCUT2D eigenvalue weighted by molar-refractivity contribution is 7.21. The number of aromatic nitrogens is 1. The number of benzene rings is 3. The van der Waals surface area contributed by atoms with E-state index in [1.54, 1.807) is 11.3 Å². The van der Waals surface area contributed by atoms with Crippen molar-refractivity contribution in [2.45, 2.75) is 32.6 Å². The molecule has 0 saturated carbocycles. The molecule has 144 valence electrons. The van der Waals surface area contributed by atoms with Gasteiger partial charge in [-0.3, -0.25) is 4.79 Å². The number of carbonyl (C=O) groups excluding carboxylic acids is 1. The van der Waals surface area contributed by atoms with Gasteiger partial charge in [-0.25, -0.2) is 4.98 Å². The summed E-state index contributed by atoms with van der Waals surface area (Å²) < 4.78 is 1.20. The average Bonchev–Trinajstić information content (AvgIpc) is 3.17. The Morgan fingerprint density at radius 2 is 1.72 bits per heavy atom. The lowest BCUT2D eigenvalue weighted by Gasteiger charge is -2.16. The van der Waals surface area contributed by atoms with Gasteiger partial charge >= 0.3 is 0 Å². The quantitative estimate of drug-likeness (QED) is 0.434. The molecule has 1 N–H and O–H groups in total. The average molecular weight is 399 g/mol. The fraction of sp³-hybridized carbons (Fsp3) is 0.200. The minimum absolute atomic E-state index is 0.0541. The third kappa shape index (κ3) is 3.68. The lowest BCUT2D eigenvalue weighted by molar-refractivity contribution is 0.102. The Labute approximate surface area is 174 Å². The normalized spacial score (nSPS) is 13.3. The lowest BCUT2D eigenvalue weighted by atomic mass is 9.90. The number of thiazole rings is 1. The molecular weight excluding hydrogens is 376 g/mol. The predicted molar refractivity (Wildman–Crippen MR) is 121 cm³/mol. The van der Waals surface area contributed by atoms with Crippen molar-refractivity contribution in [2.24, 2.45) is 0 Å². The Morgan fingerprint density at radius 1 is 0.931 bits per heavy atom. The molecule has 1 aliphatic rings. The molecule has 4 aromatic rings. The van der Waals surface area contributed by atoms with E-state index in [0.29, 0.717) is 0 Å². The number of hydrogen-bond donors (Lipinski definition) is 1. The van der Waals surface area contributed by atoms with E-state index in [9.17, 15) is 4.79 Å². The summed E-state index contributed by atoms with van der Waals surface area (Å²) in [6.07, 6.45) is 4.67. The van der Waals surface area contributed by atoms with Gasteiger partial charge in [-0.15, -0.1) is 11.3 Å². The third-order valence-electron chi connectivity index (χ3n) is 5.54. The van der Waals surface area contributed by atoms with Crippen molar-refractivity contribution in [2.75, 3.05) is 5.32 Å². The molecule has 1 heterocycles. The van der Waals surface area contributed by atoms with Crippen molar-refractivity contribution in [3.8, 4) is 10.6 Å². The summed E-state index contributed by atoms with van der Waals surface area (Å²) >= 11 is 1.70. The van der Waals surface area contributed by atoms with Gasteiger partial charge in [-0.05, 0) is 97.8 Å². The van der Waals surface area contributed by atoms with E-state index in [2.05, 4.69) is 42.6 Å². The van der Waals surface area contributed by atoms with Crippen molar-refractivity contribution in [1.29, 1.82) is 0 Å². The second-order valence-electron chi connectivity index (χ2n) is 7.71. The molecule has 0 aliphatic heterocycles. The molecule has 1 aromatic heterocycles. The van der Waals surface area contributed by atoms with Gasteiger partial charge in [0.1, 0.15) is 5.01 Å². The number of rotatable bonds is 3. The standard InChI is InChI=1S/C25H22N2OS/c1-16-6-13-22-23(14-16)29-25(27-22)18-9-11-21(12-10-18)26-24(28)20-8-7-17-4-2-3-5-19(17)15-20/h6-15H,2-5H2,1H3,(H,26,28). The predicted octanol–water partition coefficient (Wildman–Crippen LogP) is 6.40. The third-order valence-corrected chi connectivity index (χ3v) is 6.61. The van der Waals surface area contributed by atoms with Crippen LogP contribution in [0, 0.1) is 6.92 Å². The van der Waals surface area contributed by atoms with Crippen LogP contribution in [0.1, 0.15) is 39.9 Å². The minimum Gasteiger partial charge on any atom is -0.322 e. The molecule has 0 saturated heterocycles. The van der Waals surface area contributed by atoms with Crippen LogP contribution in [0.5, 0.6) is 0 Å². The van der Waals surface area contributed by atoms with Crippen LogP contribution in [-0.4, -0.2) is 10.9 Å². The lowest BCUT2D eigenvalue weighted by Crippen LogP contribution is -2.13. The smallest absolute Gasteiger partial charge is 0.255 e. The second kappa shape index (κ2) is 7.45. The maximum Gasteiger partial charge on any atom is 0.255 e. The monoisotopic (exact) mass is 398 g/mol. The number of nitrogens with one attached hydrogen (secondary N) is 1. The summed E-state index contributed by atoms with van der Waals surface area (Å²) in [6, 6.07) is 20.4. The number of nitrogens with zero attached hydrogens (tertiary/aromatic N) is 1. The van der Waals surface area contributed by atoms with E-state index in [0.717, 1.165) is 40.2 Å². The summed E-state index contributed by atoms with van der Waals surface area (Å²) in [5, 5.41) is 4.02. The summed E-state index contributed by atoms with van der Waals surface area (Å²) in [6.45, 7) is 2.10. The number of hydrogen-bond acceptors (Lipinski definition) is 3. The first-order chi connectivity index (χ1) is 14.2. The zero-order chi connectivity index (χ0) is 19.8. The van der Waals surface area contributed by atoms with Gasteiger partial charge in [-0.2, -0.15) is 0 Å². The molecule has 0 fully saturated rings. The number of fused-ring (bicyclic) bond motifs is 2. The highest BCUT2D eigenvalue weighted by Crippen LogP contribution is 2.31. The summed E-state index contributed by atoms with van der Waals surface area (Å²) in [5.41, 5.74) is 7.59. The van der Waals surface area contributed by atoms with Crippen LogP contribution in [0.15, 0.2) is 60.7 Å². The first-order valence-electron chi connectivity index (χ1n) is 10.1. The molecular formula is C25H22N2OS. The van der Waals surface area contributed by atoms with Crippen LogP contribution >= 0.6 is 11.3 Å².